The lowest BCUT2D eigenvalue weighted by Crippen LogP contribution is -2.38. The van der Waals surface area contributed by atoms with Crippen molar-refractivity contribution in [3.8, 4) is 0 Å². The monoisotopic (exact) mass is 383 g/mol. The third-order valence-corrected chi connectivity index (χ3v) is 5.26. The normalized spacial score (nSPS) is 11.3. The average molecular weight is 383 g/mol. The Morgan fingerprint density at radius 1 is 1.19 bits per heavy atom. The van der Waals surface area contributed by atoms with Gasteiger partial charge < -0.3 is 14.9 Å². The molecule has 0 saturated carbocycles. The Balaban J connectivity index is 1.35. The van der Waals surface area contributed by atoms with Crippen LogP contribution in [0.4, 0.5) is 0 Å². The van der Waals surface area contributed by atoms with Gasteiger partial charge in [0, 0.05) is 26.1 Å². The summed E-state index contributed by atoms with van der Waals surface area (Å²) >= 11 is 1.28. The van der Waals surface area contributed by atoms with Crippen LogP contribution >= 0.6 is 11.3 Å². The summed E-state index contributed by atoms with van der Waals surface area (Å²) in [5.74, 6) is -0.144. The molecule has 3 heterocycles. The summed E-state index contributed by atoms with van der Waals surface area (Å²) < 4.78 is 3.55. The molecular weight excluding hydrogens is 366 g/mol. The number of aromatic amines is 1. The zero-order valence-corrected chi connectivity index (χ0v) is 15.2. The number of carbonyl (C=O) groups excluding carboxylic acids is 1. The van der Waals surface area contributed by atoms with E-state index in [1.807, 2.05) is 28.8 Å². The number of nitrogens with one attached hydrogen (secondary N) is 2. The number of benzene rings is 1. The smallest absolute Gasteiger partial charge is 0.328 e. The molecule has 0 bridgehead atoms. The van der Waals surface area contributed by atoms with Crippen LogP contribution < -0.4 is 16.6 Å². The van der Waals surface area contributed by atoms with Gasteiger partial charge in [0.25, 0.3) is 5.56 Å². The molecule has 8 nitrogen and oxygen atoms in total. The van der Waals surface area contributed by atoms with Crippen molar-refractivity contribution in [2.45, 2.75) is 19.5 Å². The number of aryl methyl sites for hydroxylation is 1. The highest BCUT2D eigenvalue weighted by molar-refractivity contribution is 7.17. The second-order valence-corrected chi connectivity index (χ2v) is 6.99. The molecule has 9 heteroatoms. The average Bonchev–Trinajstić information content (AvgIpc) is 3.29. The maximum absolute atomic E-state index is 12.3. The minimum Gasteiger partial charge on any atom is -0.354 e. The maximum atomic E-state index is 12.3. The van der Waals surface area contributed by atoms with Crippen molar-refractivity contribution < 1.29 is 4.79 Å². The molecular formula is C18H17N5O3S. The third-order valence-electron chi connectivity index (χ3n) is 4.36. The Morgan fingerprint density at radius 3 is 2.93 bits per heavy atom. The predicted molar refractivity (Wildman–Crippen MR) is 104 cm³/mol. The van der Waals surface area contributed by atoms with Gasteiger partial charge in [0.15, 0.2) is 0 Å². The molecule has 1 aromatic carbocycles. The van der Waals surface area contributed by atoms with Gasteiger partial charge in [0.05, 0.1) is 22.9 Å². The SMILES string of the molecule is O=C(CCn1cnc2ccccc21)NCCn1c(=O)[nH]c2ccsc2c1=O. The molecule has 4 aromatic rings. The van der Waals surface area contributed by atoms with E-state index in [0.717, 1.165) is 15.6 Å². The first kappa shape index (κ1) is 17.2. The maximum Gasteiger partial charge on any atom is 0.328 e. The lowest BCUT2D eigenvalue weighted by molar-refractivity contribution is -0.121. The van der Waals surface area contributed by atoms with Gasteiger partial charge in [-0.2, -0.15) is 0 Å². The van der Waals surface area contributed by atoms with E-state index in [9.17, 15) is 14.4 Å². The summed E-state index contributed by atoms with van der Waals surface area (Å²) in [6.07, 6.45) is 2.00. The van der Waals surface area contributed by atoms with E-state index in [0.29, 0.717) is 16.8 Å². The molecule has 0 aliphatic heterocycles. The lowest BCUT2D eigenvalue weighted by Gasteiger charge is -2.08. The number of nitrogens with zero attached hydrogens (tertiary/aromatic N) is 3. The zero-order chi connectivity index (χ0) is 18.8. The van der Waals surface area contributed by atoms with Crippen LogP contribution in [-0.2, 0) is 17.9 Å². The molecule has 4 rings (SSSR count). The Bertz CT molecular complexity index is 1230. The van der Waals surface area contributed by atoms with Crippen molar-refractivity contribution in [2.75, 3.05) is 6.54 Å². The van der Waals surface area contributed by atoms with Gasteiger partial charge in [-0.3, -0.25) is 14.2 Å². The second kappa shape index (κ2) is 7.20. The van der Waals surface area contributed by atoms with Crippen LogP contribution in [0.25, 0.3) is 21.3 Å². The van der Waals surface area contributed by atoms with Crippen molar-refractivity contribution in [1.29, 1.82) is 0 Å². The number of imidazole rings is 1. The van der Waals surface area contributed by atoms with Gasteiger partial charge in [-0.1, -0.05) is 12.1 Å². The highest BCUT2D eigenvalue weighted by Gasteiger charge is 2.09. The van der Waals surface area contributed by atoms with Gasteiger partial charge in [-0.25, -0.2) is 9.78 Å². The molecule has 0 unspecified atom stereocenters. The van der Waals surface area contributed by atoms with Crippen molar-refractivity contribution in [2.24, 2.45) is 0 Å². The van der Waals surface area contributed by atoms with Crippen LogP contribution in [0.5, 0.6) is 0 Å². The number of carbonyl (C=O) groups is 1. The number of hydrogen-bond acceptors (Lipinski definition) is 5. The van der Waals surface area contributed by atoms with E-state index >= 15 is 0 Å². The standard InChI is InChI=1S/C18H17N5O3S/c24-15(5-8-22-11-20-12-3-1-2-4-14(12)22)19-7-9-23-17(25)16-13(6-10-27-16)21-18(23)26/h1-4,6,10-11H,5,7-9H2,(H,19,24)(H,21,26). The molecule has 138 valence electrons. The summed E-state index contributed by atoms with van der Waals surface area (Å²) in [6.45, 7) is 0.846. The highest BCUT2D eigenvalue weighted by atomic mass is 32.1. The molecule has 0 atom stereocenters. The number of aromatic nitrogens is 4. The Morgan fingerprint density at radius 2 is 2.04 bits per heavy atom. The van der Waals surface area contributed by atoms with Crippen LogP contribution in [-0.4, -0.2) is 31.6 Å². The fourth-order valence-electron chi connectivity index (χ4n) is 2.98. The summed E-state index contributed by atoms with van der Waals surface area (Å²) in [5, 5.41) is 4.51. The van der Waals surface area contributed by atoms with E-state index in [1.54, 1.807) is 17.8 Å². The fraction of sp³-hybridized carbons (Fsp3) is 0.222. The number of hydrogen-bond donors (Lipinski definition) is 2. The van der Waals surface area contributed by atoms with Crippen molar-refractivity contribution in [3.63, 3.8) is 0 Å². The van der Waals surface area contributed by atoms with Crippen LogP contribution in [0, 0.1) is 0 Å². The number of rotatable bonds is 6. The largest absolute Gasteiger partial charge is 0.354 e. The summed E-state index contributed by atoms with van der Waals surface area (Å²) in [5.41, 5.74) is 1.61. The molecule has 3 aromatic heterocycles. The van der Waals surface area contributed by atoms with Gasteiger partial charge in [-0.05, 0) is 23.6 Å². The van der Waals surface area contributed by atoms with Gasteiger partial charge in [-0.15, -0.1) is 11.3 Å². The van der Waals surface area contributed by atoms with E-state index in [4.69, 9.17) is 0 Å². The molecule has 27 heavy (non-hydrogen) atoms. The molecule has 2 N–H and O–H groups in total. The first-order valence-corrected chi connectivity index (χ1v) is 9.38. The number of thiophene rings is 1. The first-order chi connectivity index (χ1) is 13.1. The Labute approximate surface area is 157 Å². The van der Waals surface area contributed by atoms with Crippen LogP contribution in [0.2, 0.25) is 0 Å². The number of fused-ring (bicyclic) bond motifs is 2. The van der Waals surface area contributed by atoms with E-state index in [-0.39, 0.29) is 31.0 Å². The zero-order valence-electron chi connectivity index (χ0n) is 14.3. The summed E-state index contributed by atoms with van der Waals surface area (Å²) in [6, 6.07) is 9.43. The topological polar surface area (TPSA) is 102 Å². The molecule has 0 spiro atoms. The molecule has 0 saturated heterocycles. The Hall–Kier alpha value is -3.20. The minimum absolute atomic E-state index is 0.127. The summed E-state index contributed by atoms with van der Waals surface area (Å²) in [4.78, 5) is 43.4. The predicted octanol–water partition coefficient (Wildman–Crippen LogP) is 1.31. The van der Waals surface area contributed by atoms with Crippen LogP contribution in [0.1, 0.15) is 6.42 Å². The number of amides is 1. The van der Waals surface area contributed by atoms with Crippen LogP contribution in [0.3, 0.4) is 0 Å². The van der Waals surface area contributed by atoms with E-state index in [1.165, 1.54) is 11.3 Å². The Kier molecular flexibility index (Phi) is 4.59. The lowest BCUT2D eigenvalue weighted by atomic mass is 10.3. The second-order valence-electron chi connectivity index (χ2n) is 6.08. The van der Waals surface area contributed by atoms with Crippen molar-refractivity contribution >= 4 is 38.5 Å². The molecule has 0 radical (unpaired) electrons. The van der Waals surface area contributed by atoms with Crippen LogP contribution in [0.15, 0.2) is 51.6 Å². The van der Waals surface area contributed by atoms with Gasteiger partial charge >= 0.3 is 5.69 Å². The van der Waals surface area contributed by atoms with E-state index in [2.05, 4.69) is 15.3 Å². The van der Waals surface area contributed by atoms with Crippen molar-refractivity contribution in [3.05, 3.63) is 62.9 Å². The van der Waals surface area contributed by atoms with E-state index < -0.39 is 5.69 Å². The highest BCUT2D eigenvalue weighted by Crippen LogP contribution is 2.12. The van der Waals surface area contributed by atoms with Gasteiger partial charge in [0.1, 0.15) is 4.70 Å². The minimum atomic E-state index is -0.468. The van der Waals surface area contributed by atoms with Gasteiger partial charge in [0.2, 0.25) is 5.91 Å². The third kappa shape index (κ3) is 3.41. The summed E-state index contributed by atoms with van der Waals surface area (Å²) in [7, 11) is 0. The molecule has 0 aliphatic carbocycles. The molecule has 0 aliphatic rings. The fourth-order valence-corrected chi connectivity index (χ4v) is 3.78. The quantitative estimate of drug-likeness (QED) is 0.524. The number of para-hydroxylation sites is 2. The molecule has 0 fully saturated rings. The first-order valence-electron chi connectivity index (χ1n) is 8.50. The number of H-pyrrole nitrogens is 1. The molecule has 1 amide bonds. The van der Waals surface area contributed by atoms with Crippen molar-refractivity contribution in [1.82, 2.24) is 24.4 Å².